The van der Waals surface area contributed by atoms with Gasteiger partial charge in [-0.3, -0.25) is 19.2 Å². The predicted molar refractivity (Wildman–Crippen MR) is 177 cm³/mol. The standard InChI is InChI=1S/C39H36O10/c1-3-46-38(44)36-28(18-24(20-32(36)42)34-7-5-13-48-34)26-16-22(9-11-30(26)40)15-23-10-12-31(41)27(17-23)29-19-25(35-8-6-14-49-35)21-33(43)37(29)39(45)47-4-2/h5-14,16-17,20-21,28-29,36-37,40-41H,3-4,15,18-19H2,1-2H3. The first kappa shape index (κ1) is 33.3. The number of carbonyl (C=O) groups is 4. The van der Waals surface area contributed by atoms with Gasteiger partial charge in [-0.1, -0.05) is 24.3 Å². The van der Waals surface area contributed by atoms with Crippen LogP contribution in [-0.2, 0) is 35.1 Å². The highest BCUT2D eigenvalue weighted by molar-refractivity contribution is 6.11. The third kappa shape index (κ3) is 6.85. The molecule has 2 aromatic carbocycles. The van der Waals surface area contributed by atoms with Gasteiger partial charge >= 0.3 is 11.9 Å². The molecule has 2 aliphatic carbocycles. The van der Waals surface area contributed by atoms with Crippen LogP contribution in [0.2, 0.25) is 0 Å². The summed E-state index contributed by atoms with van der Waals surface area (Å²) >= 11 is 0. The Labute approximate surface area is 282 Å². The number of carbonyl (C=O) groups excluding carboxylic acids is 4. The third-order valence-corrected chi connectivity index (χ3v) is 9.08. The molecule has 10 nitrogen and oxygen atoms in total. The number of rotatable bonds is 10. The average Bonchev–Trinajstić information content (AvgIpc) is 3.82. The van der Waals surface area contributed by atoms with Crippen LogP contribution in [0.1, 0.15) is 72.3 Å². The maximum atomic E-state index is 13.4. The SMILES string of the molecule is CCOC(=O)C1C(=O)C=C(c2ccco2)CC1c1cc(Cc2ccc(O)c(C3CC(c4ccco4)=CC(=O)C3C(=O)OCC)c2)ccc1O. The molecule has 0 saturated heterocycles. The summed E-state index contributed by atoms with van der Waals surface area (Å²) < 4.78 is 21.6. The minimum absolute atomic E-state index is 0.0711. The fraction of sp³-hybridized carbons (Fsp3) is 0.282. The van der Waals surface area contributed by atoms with Gasteiger partial charge < -0.3 is 28.5 Å². The summed E-state index contributed by atoms with van der Waals surface area (Å²) in [6, 6.07) is 17.0. The molecule has 2 aliphatic rings. The van der Waals surface area contributed by atoms with Crippen molar-refractivity contribution in [1.82, 2.24) is 0 Å². The van der Waals surface area contributed by atoms with E-state index in [-0.39, 0.29) is 37.6 Å². The number of hydrogen-bond acceptors (Lipinski definition) is 10. The van der Waals surface area contributed by atoms with Crippen LogP contribution in [0.25, 0.3) is 11.1 Å². The van der Waals surface area contributed by atoms with Gasteiger partial charge in [0.15, 0.2) is 11.6 Å². The van der Waals surface area contributed by atoms with Crippen molar-refractivity contribution in [2.45, 2.75) is 44.9 Å². The molecule has 0 aliphatic heterocycles. The summed E-state index contributed by atoms with van der Waals surface area (Å²) in [5, 5.41) is 22.1. The summed E-state index contributed by atoms with van der Waals surface area (Å²) in [7, 11) is 0. The van der Waals surface area contributed by atoms with E-state index in [1.165, 1.54) is 36.8 Å². The van der Waals surface area contributed by atoms with Gasteiger partial charge in [0.2, 0.25) is 0 Å². The fourth-order valence-electron chi connectivity index (χ4n) is 6.87. The van der Waals surface area contributed by atoms with Gasteiger partial charge in [-0.15, -0.1) is 0 Å². The molecule has 10 heteroatoms. The fourth-order valence-corrected chi connectivity index (χ4v) is 6.87. The van der Waals surface area contributed by atoms with E-state index in [1.807, 2.05) is 0 Å². The van der Waals surface area contributed by atoms with Gasteiger partial charge in [-0.05, 0) is 115 Å². The van der Waals surface area contributed by atoms with E-state index < -0.39 is 47.2 Å². The van der Waals surface area contributed by atoms with Crippen molar-refractivity contribution >= 4 is 34.7 Å². The largest absolute Gasteiger partial charge is 0.508 e. The van der Waals surface area contributed by atoms with E-state index in [4.69, 9.17) is 18.3 Å². The number of ether oxygens (including phenoxy) is 2. The minimum Gasteiger partial charge on any atom is -0.508 e. The van der Waals surface area contributed by atoms with Gasteiger partial charge in [0.1, 0.15) is 34.9 Å². The van der Waals surface area contributed by atoms with Crippen LogP contribution in [0.15, 0.2) is 94.2 Å². The van der Waals surface area contributed by atoms with Crippen LogP contribution in [-0.4, -0.2) is 46.9 Å². The van der Waals surface area contributed by atoms with Crippen molar-refractivity contribution in [2.75, 3.05) is 13.2 Å². The molecule has 0 fully saturated rings. The van der Waals surface area contributed by atoms with Crippen molar-refractivity contribution in [2.24, 2.45) is 11.8 Å². The number of allylic oxidation sites excluding steroid dienone is 4. The van der Waals surface area contributed by atoms with Crippen LogP contribution < -0.4 is 0 Å². The number of aromatic hydroxyl groups is 2. The monoisotopic (exact) mass is 664 g/mol. The van der Waals surface area contributed by atoms with Crippen molar-refractivity contribution in [3.8, 4) is 11.5 Å². The lowest BCUT2D eigenvalue weighted by molar-refractivity contribution is -0.153. The summed E-state index contributed by atoms with van der Waals surface area (Å²) in [5.41, 5.74) is 3.55. The highest BCUT2D eigenvalue weighted by Crippen LogP contribution is 2.45. The molecule has 4 aromatic rings. The quantitative estimate of drug-likeness (QED) is 0.142. The van der Waals surface area contributed by atoms with Crippen molar-refractivity contribution < 1.29 is 47.7 Å². The number of furan rings is 2. The first-order valence-corrected chi connectivity index (χ1v) is 16.2. The van der Waals surface area contributed by atoms with Crippen LogP contribution in [0.3, 0.4) is 0 Å². The van der Waals surface area contributed by atoms with Crippen molar-refractivity contribution in [3.05, 3.63) is 119 Å². The maximum absolute atomic E-state index is 13.4. The van der Waals surface area contributed by atoms with Gasteiger partial charge in [-0.25, -0.2) is 0 Å². The van der Waals surface area contributed by atoms with E-state index >= 15 is 0 Å². The number of esters is 2. The Bertz CT molecular complexity index is 1790. The summed E-state index contributed by atoms with van der Waals surface area (Å²) in [6.07, 6.45) is 6.65. The van der Waals surface area contributed by atoms with E-state index in [1.54, 1.807) is 62.4 Å². The second-order valence-electron chi connectivity index (χ2n) is 12.1. The zero-order valence-corrected chi connectivity index (χ0v) is 27.1. The molecule has 2 aromatic heterocycles. The Morgan fingerprint density at radius 2 is 1.12 bits per heavy atom. The zero-order chi connectivity index (χ0) is 34.7. The molecular weight excluding hydrogens is 628 g/mol. The lowest BCUT2D eigenvalue weighted by atomic mass is 9.73. The van der Waals surface area contributed by atoms with Crippen LogP contribution >= 0.6 is 0 Å². The third-order valence-electron chi connectivity index (χ3n) is 9.08. The normalized spacial score (nSPS) is 20.8. The number of hydrogen-bond donors (Lipinski definition) is 2. The Morgan fingerprint density at radius 3 is 1.49 bits per heavy atom. The molecule has 6 rings (SSSR count). The molecule has 2 heterocycles. The molecular formula is C39H36O10. The molecule has 4 unspecified atom stereocenters. The van der Waals surface area contributed by atoms with Crippen LogP contribution in [0, 0.1) is 11.8 Å². The molecule has 0 bridgehead atoms. The Balaban J connectivity index is 1.34. The minimum atomic E-state index is -1.15. The van der Waals surface area contributed by atoms with Crippen molar-refractivity contribution in [3.63, 3.8) is 0 Å². The van der Waals surface area contributed by atoms with Gasteiger partial charge in [0.05, 0.1) is 25.7 Å². The molecule has 0 amide bonds. The first-order chi connectivity index (χ1) is 23.7. The van der Waals surface area contributed by atoms with E-state index in [0.717, 1.165) is 11.1 Å². The Hall–Kier alpha value is -5.64. The number of phenols is 2. The molecule has 0 saturated carbocycles. The van der Waals surface area contributed by atoms with Crippen LogP contribution in [0.5, 0.6) is 11.5 Å². The zero-order valence-electron chi connectivity index (χ0n) is 27.1. The highest BCUT2D eigenvalue weighted by Gasteiger charge is 2.43. The molecule has 4 atom stereocenters. The smallest absolute Gasteiger partial charge is 0.317 e. The van der Waals surface area contributed by atoms with Crippen LogP contribution in [0.4, 0.5) is 0 Å². The number of benzene rings is 2. The lowest BCUT2D eigenvalue weighted by Crippen LogP contribution is -2.34. The van der Waals surface area contributed by atoms with E-state index in [9.17, 15) is 29.4 Å². The lowest BCUT2D eigenvalue weighted by Gasteiger charge is -2.30. The summed E-state index contributed by atoms with van der Waals surface area (Å²) in [4.78, 5) is 52.8. The molecule has 252 valence electrons. The Kier molecular flexibility index (Phi) is 9.66. The second-order valence-corrected chi connectivity index (χ2v) is 12.1. The average molecular weight is 665 g/mol. The van der Waals surface area contributed by atoms with Gasteiger partial charge in [-0.2, -0.15) is 0 Å². The predicted octanol–water partition coefficient (Wildman–Crippen LogP) is 6.51. The molecule has 0 radical (unpaired) electrons. The highest BCUT2D eigenvalue weighted by atomic mass is 16.5. The van der Waals surface area contributed by atoms with E-state index in [2.05, 4.69) is 0 Å². The first-order valence-electron chi connectivity index (χ1n) is 16.2. The van der Waals surface area contributed by atoms with Gasteiger partial charge in [0, 0.05) is 11.8 Å². The van der Waals surface area contributed by atoms with Crippen molar-refractivity contribution in [1.29, 1.82) is 0 Å². The topological polar surface area (TPSA) is 153 Å². The Morgan fingerprint density at radius 1 is 0.694 bits per heavy atom. The summed E-state index contributed by atoms with van der Waals surface area (Å²) in [5.74, 6) is -5.10. The molecule has 2 N–H and O–H groups in total. The van der Waals surface area contributed by atoms with E-state index in [0.29, 0.717) is 40.2 Å². The molecule has 49 heavy (non-hydrogen) atoms. The second kappa shape index (κ2) is 14.2. The number of ketones is 2. The summed E-state index contributed by atoms with van der Waals surface area (Å²) in [6.45, 7) is 3.53. The number of phenolic OH excluding ortho intramolecular Hbond substituents is 2. The molecule has 0 spiro atoms. The maximum Gasteiger partial charge on any atom is 0.317 e. The van der Waals surface area contributed by atoms with Gasteiger partial charge in [0.25, 0.3) is 0 Å².